The van der Waals surface area contributed by atoms with Crippen LogP contribution in [0.4, 0.5) is 4.39 Å². The monoisotopic (exact) mass is 458 g/mol. The Labute approximate surface area is 198 Å². The van der Waals surface area contributed by atoms with Crippen molar-refractivity contribution in [3.8, 4) is 28.0 Å². The van der Waals surface area contributed by atoms with Gasteiger partial charge in [0.15, 0.2) is 0 Å². The van der Waals surface area contributed by atoms with Crippen LogP contribution in [0, 0.1) is 12.7 Å². The summed E-state index contributed by atoms with van der Waals surface area (Å²) in [7, 11) is 0. The highest BCUT2D eigenvalue weighted by molar-refractivity contribution is 5.93. The van der Waals surface area contributed by atoms with Crippen LogP contribution in [-0.2, 0) is 12.8 Å². The molecule has 0 aliphatic carbocycles. The molecule has 0 amide bonds. The molecule has 4 rings (SSSR count). The standard InChI is InChI=1S/C29H27FO4/c1-3-33-28-14-12-21(18-25(28)29(31)32)22-13-11-20(17-19(22)2)7-6-10-27-24(15-16-34-27)23-8-4-5-9-26(23)30/h4-5,8-9,11-18H,3,6-7,10H2,1-2H3,(H,31,32). The summed E-state index contributed by atoms with van der Waals surface area (Å²) in [5.74, 6) is -0.0984. The number of aromatic carboxylic acids is 1. The van der Waals surface area contributed by atoms with Crippen molar-refractivity contribution in [3.05, 3.63) is 101 Å². The summed E-state index contributed by atoms with van der Waals surface area (Å²) in [6.45, 7) is 4.26. The van der Waals surface area contributed by atoms with Crippen molar-refractivity contribution in [2.24, 2.45) is 0 Å². The van der Waals surface area contributed by atoms with Gasteiger partial charge in [-0.15, -0.1) is 0 Å². The molecule has 4 aromatic rings. The average molecular weight is 459 g/mol. The molecule has 1 aromatic heterocycles. The van der Waals surface area contributed by atoms with Crippen LogP contribution in [0.15, 0.2) is 77.4 Å². The van der Waals surface area contributed by atoms with Crippen molar-refractivity contribution in [1.29, 1.82) is 0 Å². The maximum absolute atomic E-state index is 14.2. The van der Waals surface area contributed by atoms with Gasteiger partial charge in [0.25, 0.3) is 0 Å². The minimum atomic E-state index is -1.01. The van der Waals surface area contributed by atoms with Crippen LogP contribution in [0.25, 0.3) is 22.3 Å². The zero-order valence-electron chi connectivity index (χ0n) is 19.3. The predicted molar refractivity (Wildman–Crippen MR) is 131 cm³/mol. The molecule has 34 heavy (non-hydrogen) atoms. The minimum Gasteiger partial charge on any atom is -0.493 e. The van der Waals surface area contributed by atoms with E-state index in [-0.39, 0.29) is 11.4 Å². The average Bonchev–Trinajstić information content (AvgIpc) is 3.28. The SMILES string of the molecule is CCOc1ccc(-c2ccc(CCCc3occc3-c3ccccc3F)cc2C)cc1C(=O)O. The predicted octanol–water partition coefficient (Wildman–Crippen LogP) is 7.33. The summed E-state index contributed by atoms with van der Waals surface area (Å²) in [5, 5.41) is 9.55. The molecular formula is C29H27FO4. The van der Waals surface area contributed by atoms with Gasteiger partial charge in [-0.3, -0.25) is 0 Å². The molecule has 5 heteroatoms. The third-order valence-electron chi connectivity index (χ3n) is 5.89. The molecule has 0 bridgehead atoms. The second-order valence-corrected chi connectivity index (χ2v) is 8.19. The fourth-order valence-electron chi connectivity index (χ4n) is 4.26. The van der Waals surface area contributed by atoms with E-state index in [1.54, 1.807) is 30.5 Å². The fraction of sp³-hybridized carbons (Fsp3) is 0.207. The molecule has 1 heterocycles. The van der Waals surface area contributed by atoms with Crippen LogP contribution >= 0.6 is 0 Å². The normalized spacial score (nSPS) is 10.9. The van der Waals surface area contributed by atoms with Crippen LogP contribution < -0.4 is 4.74 Å². The van der Waals surface area contributed by atoms with Crippen LogP contribution in [0.3, 0.4) is 0 Å². The largest absolute Gasteiger partial charge is 0.493 e. The maximum Gasteiger partial charge on any atom is 0.339 e. The Kier molecular flexibility index (Phi) is 7.12. The lowest BCUT2D eigenvalue weighted by Crippen LogP contribution is -2.03. The third-order valence-corrected chi connectivity index (χ3v) is 5.89. The second kappa shape index (κ2) is 10.4. The highest BCUT2D eigenvalue weighted by Crippen LogP contribution is 2.31. The molecular weight excluding hydrogens is 431 g/mol. The van der Waals surface area contributed by atoms with Gasteiger partial charge < -0.3 is 14.3 Å². The molecule has 0 saturated heterocycles. The van der Waals surface area contributed by atoms with E-state index in [1.165, 1.54) is 11.6 Å². The molecule has 0 radical (unpaired) electrons. The summed E-state index contributed by atoms with van der Waals surface area (Å²) in [5.41, 5.74) is 5.61. The zero-order valence-corrected chi connectivity index (χ0v) is 19.3. The van der Waals surface area contributed by atoms with E-state index in [9.17, 15) is 14.3 Å². The number of carboxylic acid groups (broad SMARTS) is 1. The van der Waals surface area contributed by atoms with E-state index in [0.29, 0.717) is 24.3 Å². The van der Waals surface area contributed by atoms with Gasteiger partial charge in [0.05, 0.1) is 12.9 Å². The van der Waals surface area contributed by atoms with Crippen molar-refractivity contribution >= 4 is 5.97 Å². The summed E-state index contributed by atoms with van der Waals surface area (Å²) in [4.78, 5) is 11.7. The highest BCUT2D eigenvalue weighted by atomic mass is 19.1. The summed E-state index contributed by atoms with van der Waals surface area (Å²) in [6.07, 6.45) is 4.03. The van der Waals surface area contributed by atoms with Crippen molar-refractivity contribution in [2.45, 2.75) is 33.1 Å². The van der Waals surface area contributed by atoms with E-state index in [2.05, 4.69) is 12.1 Å². The lowest BCUT2D eigenvalue weighted by molar-refractivity contribution is 0.0692. The molecule has 0 spiro atoms. The molecule has 0 fully saturated rings. The fourth-order valence-corrected chi connectivity index (χ4v) is 4.26. The van der Waals surface area contributed by atoms with Crippen LogP contribution in [0.5, 0.6) is 5.75 Å². The quantitative estimate of drug-likeness (QED) is 0.285. The molecule has 174 valence electrons. The van der Waals surface area contributed by atoms with Crippen molar-refractivity contribution < 1.29 is 23.4 Å². The first-order valence-corrected chi connectivity index (χ1v) is 11.4. The van der Waals surface area contributed by atoms with Gasteiger partial charge in [-0.2, -0.15) is 0 Å². The number of furan rings is 1. The summed E-state index contributed by atoms with van der Waals surface area (Å²) >= 11 is 0. The van der Waals surface area contributed by atoms with Crippen molar-refractivity contribution in [1.82, 2.24) is 0 Å². The third kappa shape index (κ3) is 5.04. The van der Waals surface area contributed by atoms with Gasteiger partial charge >= 0.3 is 5.97 Å². The summed E-state index contributed by atoms with van der Waals surface area (Å²) in [6, 6.07) is 20.0. The Hall–Kier alpha value is -3.86. The Balaban J connectivity index is 1.46. The smallest absolute Gasteiger partial charge is 0.339 e. The van der Waals surface area contributed by atoms with Gasteiger partial charge in [0.1, 0.15) is 22.9 Å². The number of hydrogen-bond acceptors (Lipinski definition) is 3. The second-order valence-electron chi connectivity index (χ2n) is 8.19. The van der Waals surface area contributed by atoms with Gasteiger partial charge in [-0.05, 0) is 73.2 Å². The van der Waals surface area contributed by atoms with Crippen LogP contribution in [-0.4, -0.2) is 17.7 Å². The lowest BCUT2D eigenvalue weighted by Gasteiger charge is -2.12. The molecule has 0 saturated carbocycles. The molecule has 0 aliphatic heterocycles. The number of rotatable bonds is 9. The molecule has 0 unspecified atom stereocenters. The Morgan fingerprint density at radius 1 is 0.971 bits per heavy atom. The number of carbonyl (C=O) groups is 1. The van der Waals surface area contributed by atoms with Gasteiger partial charge in [-0.25, -0.2) is 9.18 Å². The van der Waals surface area contributed by atoms with Crippen LogP contribution in [0.1, 0.15) is 40.6 Å². The topological polar surface area (TPSA) is 59.7 Å². The minimum absolute atomic E-state index is 0.159. The van der Waals surface area contributed by atoms with Crippen molar-refractivity contribution in [2.75, 3.05) is 6.61 Å². The number of hydrogen-bond donors (Lipinski definition) is 1. The molecule has 4 nitrogen and oxygen atoms in total. The first-order chi connectivity index (χ1) is 16.5. The Morgan fingerprint density at radius 3 is 2.53 bits per heavy atom. The Bertz CT molecular complexity index is 1310. The summed E-state index contributed by atoms with van der Waals surface area (Å²) < 4.78 is 25.3. The first kappa shape index (κ1) is 23.3. The van der Waals surface area contributed by atoms with E-state index in [0.717, 1.165) is 40.9 Å². The van der Waals surface area contributed by atoms with E-state index < -0.39 is 5.97 Å². The zero-order chi connectivity index (χ0) is 24.1. The van der Waals surface area contributed by atoms with Gasteiger partial charge in [0, 0.05) is 17.5 Å². The number of carboxylic acids is 1. The Morgan fingerprint density at radius 2 is 1.79 bits per heavy atom. The lowest BCUT2D eigenvalue weighted by atomic mass is 9.95. The number of halogens is 1. The molecule has 1 N–H and O–H groups in total. The molecule has 0 aliphatic rings. The van der Waals surface area contributed by atoms with E-state index >= 15 is 0 Å². The van der Waals surface area contributed by atoms with Crippen molar-refractivity contribution in [3.63, 3.8) is 0 Å². The number of aryl methyl sites for hydroxylation is 3. The molecule has 3 aromatic carbocycles. The van der Waals surface area contributed by atoms with Gasteiger partial charge in [0.2, 0.25) is 0 Å². The van der Waals surface area contributed by atoms with E-state index in [4.69, 9.17) is 9.15 Å². The maximum atomic E-state index is 14.2. The first-order valence-electron chi connectivity index (χ1n) is 11.4. The number of benzene rings is 3. The van der Waals surface area contributed by atoms with Crippen LogP contribution in [0.2, 0.25) is 0 Å². The number of ether oxygens (including phenoxy) is 1. The van der Waals surface area contributed by atoms with Gasteiger partial charge in [-0.1, -0.05) is 42.5 Å². The highest BCUT2D eigenvalue weighted by Gasteiger charge is 2.15. The molecule has 0 atom stereocenters. The van der Waals surface area contributed by atoms with E-state index in [1.807, 2.05) is 38.1 Å².